The molecule has 1 atom stereocenters. The Balaban J connectivity index is 0.000000212. The molecule has 0 aromatic rings. The van der Waals surface area contributed by atoms with E-state index in [0.717, 1.165) is 19.4 Å². The van der Waals surface area contributed by atoms with Crippen LogP contribution in [0.1, 0.15) is 60.3 Å². The molecular weight excluding hydrogens is 200 g/mol. The number of aliphatic hydroxyl groups excluding tert-OH is 1. The highest BCUT2D eigenvalue weighted by molar-refractivity contribution is 4.93. The molecule has 1 aliphatic carbocycles. The number of epoxide rings is 1. The molecule has 2 aliphatic rings. The molecular formula is C14H28O2. The third kappa shape index (κ3) is 3.74. The largest absolute Gasteiger partial charge is 0.392 e. The summed E-state index contributed by atoms with van der Waals surface area (Å²) in [5, 5.41) is 9.96. The molecule has 96 valence electrons. The van der Waals surface area contributed by atoms with E-state index in [1.165, 1.54) is 12.8 Å². The van der Waals surface area contributed by atoms with Crippen LogP contribution in [0.25, 0.3) is 0 Å². The van der Waals surface area contributed by atoms with E-state index in [4.69, 9.17) is 4.74 Å². The number of hydrogen-bond donors (Lipinski definition) is 1. The smallest absolute Gasteiger partial charge is 0.0807 e. The standard InChI is InChI=1S/C10H20O.C4H8O/c1-9(2)6-5-7-10(3,4)8(9)11;1-2-4-3-5-4/h8,11H,5-7H2,1-4H3;4H,2-3H2,1H3. The summed E-state index contributed by atoms with van der Waals surface area (Å²) in [7, 11) is 0. The van der Waals surface area contributed by atoms with Crippen LogP contribution in [0.3, 0.4) is 0 Å². The minimum atomic E-state index is -0.135. The van der Waals surface area contributed by atoms with Crippen molar-refractivity contribution in [3.63, 3.8) is 0 Å². The normalized spacial score (nSPS) is 31.5. The van der Waals surface area contributed by atoms with Crippen molar-refractivity contribution in [2.45, 2.75) is 72.5 Å². The van der Waals surface area contributed by atoms with E-state index in [-0.39, 0.29) is 16.9 Å². The topological polar surface area (TPSA) is 32.8 Å². The molecule has 0 aromatic heterocycles. The molecule has 0 aromatic carbocycles. The Bertz CT molecular complexity index is 201. The van der Waals surface area contributed by atoms with Gasteiger partial charge in [-0.05, 0) is 30.1 Å². The summed E-state index contributed by atoms with van der Waals surface area (Å²) < 4.78 is 4.86. The van der Waals surface area contributed by atoms with Gasteiger partial charge in [-0.1, -0.05) is 41.0 Å². The summed E-state index contributed by atoms with van der Waals surface area (Å²) in [6.07, 6.45) is 5.28. The van der Waals surface area contributed by atoms with Crippen molar-refractivity contribution in [3.8, 4) is 0 Å². The van der Waals surface area contributed by atoms with E-state index >= 15 is 0 Å². The van der Waals surface area contributed by atoms with Crippen LogP contribution in [-0.4, -0.2) is 23.9 Å². The van der Waals surface area contributed by atoms with Crippen LogP contribution >= 0.6 is 0 Å². The summed E-state index contributed by atoms with van der Waals surface area (Å²) in [6, 6.07) is 0. The lowest BCUT2D eigenvalue weighted by molar-refractivity contribution is -0.0750. The lowest BCUT2D eigenvalue weighted by atomic mass is 9.63. The monoisotopic (exact) mass is 228 g/mol. The van der Waals surface area contributed by atoms with Crippen molar-refractivity contribution in [2.75, 3.05) is 6.61 Å². The molecule has 0 radical (unpaired) electrons. The lowest BCUT2D eigenvalue weighted by Gasteiger charge is -2.46. The molecule has 0 amide bonds. The predicted molar refractivity (Wildman–Crippen MR) is 67.5 cm³/mol. The molecule has 2 fully saturated rings. The van der Waals surface area contributed by atoms with Crippen molar-refractivity contribution in [3.05, 3.63) is 0 Å². The first kappa shape index (κ1) is 14.0. The van der Waals surface area contributed by atoms with Crippen LogP contribution in [0, 0.1) is 10.8 Å². The average Bonchev–Trinajstić information content (AvgIpc) is 2.98. The first-order chi connectivity index (χ1) is 7.29. The summed E-state index contributed by atoms with van der Waals surface area (Å²) in [6.45, 7) is 11.8. The van der Waals surface area contributed by atoms with Crippen LogP contribution < -0.4 is 0 Å². The highest BCUT2D eigenvalue weighted by atomic mass is 16.6. The number of rotatable bonds is 1. The molecule has 1 heterocycles. The maximum Gasteiger partial charge on any atom is 0.0807 e. The molecule has 1 saturated carbocycles. The van der Waals surface area contributed by atoms with Gasteiger partial charge >= 0.3 is 0 Å². The lowest BCUT2D eigenvalue weighted by Crippen LogP contribution is -2.45. The van der Waals surface area contributed by atoms with Gasteiger partial charge in [-0.2, -0.15) is 0 Å². The Morgan fingerprint density at radius 2 is 1.56 bits per heavy atom. The summed E-state index contributed by atoms with van der Waals surface area (Å²) in [5.74, 6) is 0. The minimum Gasteiger partial charge on any atom is -0.392 e. The Morgan fingerprint density at radius 3 is 1.75 bits per heavy atom. The van der Waals surface area contributed by atoms with Crippen molar-refractivity contribution < 1.29 is 9.84 Å². The van der Waals surface area contributed by atoms with Gasteiger partial charge in [-0.15, -0.1) is 0 Å². The van der Waals surface area contributed by atoms with Crippen molar-refractivity contribution in [1.82, 2.24) is 0 Å². The minimum absolute atomic E-state index is 0.127. The van der Waals surface area contributed by atoms with E-state index in [0.29, 0.717) is 6.10 Å². The average molecular weight is 228 g/mol. The Labute approximate surface area is 100 Å². The Morgan fingerprint density at radius 1 is 1.12 bits per heavy atom. The maximum absolute atomic E-state index is 9.96. The molecule has 1 N–H and O–H groups in total. The van der Waals surface area contributed by atoms with E-state index in [9.17, 15) is 5.11 Å². The van der Waals surface area contributed by atoms with E-state index in [2.05, 4.69) is 34.6 Å². The second-order valence-corrected chi connectivity index (χ2v) is 6.60. The van der Waals surface area contributed by atoms with Gasteiger partial charge in [0, 0.05) is 0 Å². The Kier molecular flexibility index (Phi) is 4.42. The first-order valence-corrected chi connectivity index (χ1v) is 6.59. The zero-order chi connectivity index (χ0) is 12.4. The van der Waals surface area contributed by atoms with Crippen LogP contribution in [0.5, 0.6) is 0 Å². The molecule has 2 nitrogen and oxygen atoms in total. The third-order valence-corrected chi connectivity index (χ3v) is 3.98. The van der Waals surface area contributed by atoms with Gasteiger partial charge < -0.3 is 9.84 Å². The van der Waals surface area contributed by atoms with Gasteiger partial charge in [0.2, 0.25) is 0 Å². The number of ether oxygens (including phenoxy) is 1. The zero-order valence-electron chi connectivity index (χ0n) is 11.5. The quantitative estimate of drug-likeness (QED) is 0.698. The molecule has 2 heteroatoms. The highest BCUT2D eigenvalue weighted by Crippen LogP contribution is 2.45. The molecule has 1 saturated heterocycles. The van der Waals surface area contributed by atoms with Gasteiger partial charge in [0.05, 0.1) is 18.8 Å². The van der Waals surface area contributed by atoms with Crippen molar-refractivity contribution >= 4 is 0 Å². The van der Waals surface area contributed by atoms with Crippen LogP contribution in [0.4, 0.5) is 0 Å². The highest BCUT2D eigenvalue weighted by Gasteiger charge is 2.42. The van der Waals surface area contributed by atoms with Crippen molar-refractivity contribution in [1.29, 1.82) is 0 Å². The van der Waals surface area contributed by atoms with Crippen LogP contribution in [0.15, 0.2) is 0 Å². The molecule has 0 bridgehead atoms. The fraction of sp³-hybridized carbons (Fsp3) is 1.00. The fourth-order valence-corrected chi connectivity index (χ4v) is 2.63. The fourth-order valence-electron chi connectivity index (χ4n) is 2.63. The van der Waals surface area contributed by atoms with Crippen LogP contribution in [0.2, 0.25) is 0 Å². The SMILES string of the molecule is CC1(C)CCCC(C)(C)C1O.CCC1CO1. The number of aliphatic hydroxyl groups is 1. The van der Waals surface area contributed by atoms with Gasteiger partial charge in [-0.25, -0.2) is 0 Å². The third-order valence-electron chi connectivity index (χ3n) is 3.98. The van der Waals surface area contributed by atoms with Crippen LogP contribution in [-0.2, 0) is 4.74 Å². The maximum atomic E-state index is 9.96. The first-order valence-electron chi connectivity index (χ1n) is 6.59. The van der Waals surface area contributed by atoms with Gasteiger partial charge in [0.25, 0.3) is 0 Å². The number of hydrogen-bond acceptors (Lipinski definition) is 2. The second kappa shape index (κ2) is 5.05. The molecule has 1 aliphatic heterocycles. The van der Waals surface area contributed by atoms with Gasteiger partial charge in [-0.3, -0.25) is 0 Å². The zero-order valence-corrected chi connectivity index (χ0v) is 11.5. The van der Waals surface area contributed by atoms with Gasteiger partial charge in [0.15, 0.2) is 0 Å². The molecule has 2 rings (SSSR count). The Hall–Kier alpha value is -0.0800. The van der Waals surface area contributed by atoms with Crippen molar-refractivity contribution in [2.24, 2.45) is 10.8 Å². The summed E-state index contributed by atoms with van der Waals surface area (Å²) in [5.41, 5.74) is 0.253. The molecule has 1 unspecified atom stereocenters. The summed E-state index contributed by atoms with van der Waals surface area (Å²) >= 11 is 0. The predicted octanol–water partition coefficient (Wildman–Crippen LogP) is 3.38. The van der Waals surface area contributed by atoms with E-state index < -0.39 is 0 Å². The van der Waals surface area contributed by atoms with E-state index in [1.54, 1.807) is 0 Å². The molecule has 16 heavy (non-hydrogen) atoms. The summed E-state index contributed by atoms with van der Waals surface area (Å²) in [4.78, 5) is 0. The second-order valence-electron chi connectivity index (χ2n) is 6.60. The van der Waals surface area contributed by atoms with Gasteiger partial charge in [0.1, 0.15) is 0 Å². The van der Waals surface area contributed by atoms with E-state index in [1.807, 2.05) is 0 Å². The molecule has 0 spiro atoms.